The van der Waals surface area contributed by atoms with Crippen molar-refractivity contribution < 1.29 is 19.4 Å². The third kappa shape index (κ3) is 3.37. The predicted octanol–water partition coefficient (Wildman–Crippen LogP) is 2.22. The lowest BCUT2D eigenvalue weighted by atomic mass is 10.2. The molecule has 2 atom stereocenters. The van der Waals surface area contributed by atoms with Crippen LogP contribution in [0.5, 0.6) is 5.75 Å². The molecule has 2 unspecified atom stereocenters. The van der Waals surface area contributed by atoms with Crippen molar-refractivity contribution in [3.8, 4) is 11.8 Å². The van der Waals surface area contributed by atoms with E-state index in [1.165, 1.54) is 0 Å². The molecule has 1 aliphatic heterocycles. The van der Waals surface area contributed by atoms with Gasteiger partial charge >= 0.3 is 5.97 Å². The van der Waals surface area contributed by atoms with Crippen molar-refractivity contribution in [1.29, 1.82) is 5.26 Å². The lowest BCUT2D eigenvalue weighted by Gasteiger charge is -2.13. The number of hydrogen-bond acceptors (Lipinski definition) is 4. The zero-order chi connectivity index (χ0) is 13.8. The molecule has 0 bridgehead atoms. The number of rotatable bonds is 4. The van der Waals surface area contributed by atoms with Crippen LogP contribution in [0.25, 0.3) is 0 Å². The molecule has 0 spiro atoms. The molecular formula is C13H12ClNO4. The summed E-state index contributed by atoms with van der Waals surface area (Å²) in [5, 5.41) is 17.9. The van der Waals surface area contributed by atoms with Crippen molar-refractivity contribution >= 4 is 17.6 Å². The molecular weight excluding hydrogens is 270 g/mol. The second kappa shape index (κ2) is 5.91. The van der Waals surface area contributed by atoms with E-state index in [1.54, 1.807) is 18.2 Å². The summed E-state index contributed by atoms with van der Waals surface area (Å²) < 4.78 is 10.8. The SMILES string of the molecule is N#Cc1ccc(OCC2CCC(C(=O)O)O2)cc1Cl. The molecule has 5 nitrogen and oxygen atoms in total. The van der Waals surface area contributed by atoms with Gasteiger partial charge in [0, 0.05) is 6.07 Å². The van der Waals surface area contributed by atoms with E-state index in [1.807, 2.05) is 6.07 Å². The minimum Gasteiger partial charge on any atom is -0.491 e. The third-order valence-electron chi connectivity index (χ3n) is 2.88. The van der Waals surface area contributed by atoms with Crippen molar-refractivity contribution in [1.82, 2.24) is 0 Å². The van der Waals surface area contributed by atoms with E-state index in [0.29, 0.717) is 29.2 Å². The molecule has 2 rings (SSSR count). The molecule has 1 heterocycles. The first-order chi connectivity index (χ1) is 9.10. The number of carboxylic acids is 1. The van der Waals surface area contributed by atoms with Crippen molar-refractivity contribution in [2.24, 2.45) is 0 Å². The fraction of sp³-hybridized carbons (Fsp3) is 0.385. The fourth-order valence-electron chi connectivity index (χ4n) is 1.88. The molecule has 0 saturated carbocycles. The summed E-state index contributed by atoms with van der Waals surface area (Å²) in [4.78, 5) is 10.7. The Morgan fingerprint density at radius 1 is 1.58 bits per heavy atom. The Hall–Kier alpha value is -1.77. The fourth-order valence-corrected chi connectivity index (χ4v) is 2.09. The van der Waals surface area contributed by atoms with Gasteiger partial charge in [-0.2, -0.15) is 5.26 Å². The van der Waals surface area contributed by atoms with Crippen LogP contribution in [0.2, 0.25) is 5.02 Å². The maximum Gasteiger partial charge on any atom is 0.332 e. The van der Waals surface area contributed by atoms with Crippen molar-refractivity contribution in [2.45, 2.75) is 25.0 Å². The standard InChI is InChI=1S/C13H12ClNO4/c14-11-5-9(2-1-8(11)6-15)18-7-10-3-4-12(19-10)13(16)17/h1-2,5,10,12H,3-4,7H2,(H,16,17). The number of carboxylic acid groups (broad SMARTS) is 1. The van der Waals surface area contributed by atoms with Crippen LogP contribution < -0.4 is 4.74 Å². The number of hydrogen-bond donors (Lipinski definition) is 1. The zero-order valence-corrected chi connectivity index (χ0v) is 10.8. The van der Waals surface area contributed by atoms with Gasteiger partial charge in [-0.25, -0.2) is 4.79 Å². The van der Waals surface area contributed by atoms with E-state index in [0.717, 1.165) is 0 Å². The van der Waals surface area contributed by atoms with Crippen LogP contribution in [0, 0.1) is 11.3 Å². The summed E-state index contributed by atoms with van der Waals surface area (Å²) in [6.45, 7) is 0.270. The summed E-state index contributed by atoms with van der Waals surface area (Å²) in [6.07, 6.45) is 0.187. The Kier molecular flexibility index (Phi) is 4.25. The number of carbonyl (C=O) groups is 1. The van der Waals surface area contributed by atoms with E-state index in [2.05, 4.69) is 0 Å². The topological polar surface area (TPSA) is 79.5 Å². The lowest BCUT2D eigenvalue weighted by Crippen LogP contribution is -2.23. The van der Waals surface area contributed by atoms with Crippen LogP contribution in [0.15, 0.2) is 18.2 Å². The maximum atomic E-state index is 10.7. The van der Waals surface area contributed by atoms with Gasteiger partial charge in [-0.05, 0) is 25.0 Å². The van der Waals surface area contributed by atoms with Crippen molar-refractivity contribution in [3.05, 3.63) is 28.8 Å². The van der Waals surface area contributed by atoms with Gasteiger partial charge in [0.25, 0.3) is 0 Å². The Morgan fingerprint density at radius 3 is 2.95 bits per heavy atom. The lowest BCUT2D eigenvalue weighted by molar-refractivity contribution is -0.149. The summed E-state index contributed by atoms with van der Waals surface area (Å²) in [7, 11) is 0. The minimum atomic E-state index is -0.941. The monoisotopic (exact) mass is 281 g/mol. The first-order valence-corrected chi connectivity index (χ1v) is 6.18. The number of benzene rings is 1. The zero-order valence-electron chi connectivity index (χ0n) is 10.0. The second-order valence-electron chi connectivity index (χ2n) is 4.23. The summed E-state index contributed by atoms with van der Waals surface area (Å²) in [5.41, 5.74) is 0.386. The number of halogens is 1. The second-order valence-corrected chi connectivity index (χ2v) is 4.63. The summed E-state index contributed by atoms with van der Waals surface area (Å²) in [5.74, 6) is -0.407. The van der Waals surface area contributed by atoms with E-state index >= 15 is 0 Å². The van der Waals surface area contributed by atoms with E-state index < -0.39 is 12.1 Å². The molecule has 0 aromatic heterocycles. The normalized spacial score (nSPS) is 21.9. The molecule has 1 aromatic carbocycles. The molecule has 1 saturated heterocycles. The van der Waals surface area contributed by atoms with E-state index in [-0.39, 0.29) is 12.7 Å². The molecule has 6 heteroatoms. The molecule has 1 fully saturated rings. The Labute approximate surface area is 115 Å². The minimum absolute atomic E-state index is 0.226. The number of nitrogens with zero attached hydrogens (tertiary/aromatic N) is 1. The average molecular weight is 282 g/mol. The van der Waals surface area contributed by atoms with Crippen LogP contribution in [-0.4, -0.2) is 29.9 Å². The van der Waals surface area contributed by atoms with Crippen LogP contribution in [0.3, 0.4) is 0 Å². The van der Waals surface area contributed by atoms with Gasteiger partial charge in [-0.15, -0.1) is 0 Å². The first kappa shape index (κ1) is 13.7. The summed E-state index contributed by atoms with van der Waals surface area (Å²) >= 11 is 5.88. The van der Waals surface area contributed by atoms with E-state index in [9.17, 15) is 4.79 Å². The van der Waals surface area contributed by atoms with Crippen LogP contribution in [0.1, 0.15) is 18.4 Å². The van der Waals surface area contributed by atoms with Crippen LogP contribution in [-0.2, 0) is 9.53 Å². The van der Waals surface area contributed by atoms with Gasteiger partial charge < -0.3 is 14.6 Å². The molecule has 1 N–H and O–H groups in total. The Balaban J connectivity index is 1.88. The number of aliphatic carboxylic acids is 1. The highest BCUT2D eigenvalue weighted by molar-refractivity contribution is 6.31. The van der Waals surface area contributed by atoms with Gasteiger partial charge in [0.2, 0.25) is 0 Å². The Bertz CT molecular complexity index is 526. The molecule has 0 amide bonds. The molecule has 1 aromatic rings. The highest BCUT2D eigenvalue weighted by atomic mass is 35.5. The van der Waals surface area contributed by atoms with Gasteiger partial charge in [0.15, 0.2) is 6.10 Å². The van der Waals surface area contributed by atoms with Crippen molar-refractivity contribution in [3.63, 3.8) is 0 Å². The van der Waals surface area contributed by atoms with Gasteiger partial charge in [0.1, 0.15) is 18.4 Å². The molecule has 100 valence electrons. The Morgan fingerprint density at radius 2 is 2.37 bits per heavy atom. The van der Waals surface area contributed by atoms with Gasteiger partial charge in [0.05, 0.1) is 16.7 Å². The average Bonchev–Trinajstić information content (AvgIpc) is 2.85. The van der Waals surface area contributed by atoms with Gasteiger partial charge in [-0.1, -0.05) is 11.6 Å². The maximum absolute atomic E-state index is 10.7. The molecule has 1 aliphatic rings. The summed E-state index contributed by atoms with van der Waals surface area (Å²) in [6, 6.07) is 6.74. The largest absolute Gasteiger partial charge is 0.491 e. The highest BCUT2D eigenvalue weighted by Crippen LogP contribution is 2.24. The molecule has 19 heavy (non-hydrogen) atoms. The van der Waals surface area contributed by atoms with E-state index in [4.69, 9.17) is 31.4 Å². The van der Waals surface area contributed by atoms with Gasteiger partial charge in [-0.3, -0.25) is 0 Å². The molecule has 0 aliphatic carbocycles. The predicted molar refractivity (Wildman–Crippen MR) is 67.2 cm³/mol. The molecule has 0 radical (unpaired) electrons. The third-order valence-corrected chi connectivity index (χ3v) is 3.19. The number of nitriles is 1. The smallest absolute Gasteiger partial charge is 0.332 e. The van der Waals surface area contributed by atoms with Crippen molar-refractivity contribution in [2.75, 3.05) is 6.61 Å². The quantitative estimate of drug-likeness (QED) is 0.915. The van der Waals surface area contributed by atoms with Crippen LogP contribution >= 0.6 is 11.6 Å². The highest BCUT2D eigenvalue weighted by Gasteiger charge is 2.30. The van der Waals surface area contributed by atoms with Crippen LogP contribution in [0.4, 0.5) is 0 Å². The first-order valence-electron chi connectivity index (χ1n) is 5.81. The number of ether oxygens (including phenoxy) is 2.